The number of unbranched alkanes of at least 4 members (excludes halogenated alkanes) is 1. The highest BCUT2D eigenvalue weighted by atomic mass is 35.5. The first-order valence-electron chi connectivity index (χ1n) is 12.5. The number of urea groups is 1. The van der Waals surface area contributed by atoms with E-state index in [9.17, 15) is 18.0 Å². The average molecular weight is 601 g/mol. The van der Waals surface area contributed by atoms with Crippen LogP contribution in [-0.2, 0) is 19.6 Å². The molecule has 0 unspecified atom stereocenters. The topological polar surface area (TPSA) is 105 Å². The third kappa shape index (κ3) is 7.04. The Bertz CT molecular complexity index is 1610. The van der Waals surface area contributed by atoms with E-state index >= 15 is 0 Å². The van der Waals surface area contributed by atoms with Gasteiger partial charge in [-0.1, -0.05) is 79.0 Å². The van der Waals surface area contributed by atoms with E-state index in [-0.39, 0.29) is 27.2 Å². The van der Waals surface area contributed by atoms with Gasteiger partial charge in [0.15, 0.2) is 0 Å². The maximum Gasteiger partial charge on any atom is 0.326 e. The Balaban J connectivity index is 1.75. The SMILES string of the molecule is CCCCOC(=O)CN(c1cccc2c(NC(=O)Nc3ccccc3)cccc12)S(=O)(=O)c1cc(Cl)cc(Cl)c1. The summed E-state index contributed by atoms with van der Waals surface area (Å²) in [6, 6.07) is 22.5. The molecule has 208 valence electrons. The van der Waals surface area contributed by atoms with Crippen molar-refractivity contribution in [3.05, 3.63) is 95.0 Å². The number of carbonyl (C=O) groups is 2. The second kappa shape index (κ2) is 13.0. The predicted molar refractivity (Wildman–Crippen MR) is 160 cm³/mol. The number of fused-ring (bicyclic) bond motifs is 1. The molecular weight excluding hydrogens is 573 g/mol. The van der Waals surface area contributed by atoms with Gasteiger partial charge in [0.25, 0.3) is 10.0 Å². The number of hydrogen-bond donors (Lipinski definition) is 2. The Morgan fingerprint density at radius 1 is 0.850 bits per heavy atom. The molecule has 4 aromatic carbocycles. The van der Waals surface area contributed by atoms with E-state index in [1.54, 1.807) is 60.7 Å². The van der Waals surface area contributed by atoms with Crippen LogP contribution in [0.4, 0.5) is 21.9 Å². The zero-order valence-electron chi connectivity index (χ0n) is 21.6. The summed E-state index contributed by atoms with van der Waals surface area (Å²) in [5, 5.41) is 6.88. The second-order valence-corrected chi connectivity index (χ2v) is 11.5. The number of para-hydroxylation sites is 1. The summed E-state index contributed by atoms with van der Waals surface area (Å²) in [4.78, 5) is 25.3. The Hall–Kier alpha value is -3.79. The number of nitrogens with zero attached hydrogens (tertiary/aromatic N) is 1. The van der Waals surface area contributed by atoms with Crippen LogP contribution in [0.2, 0.25) is 10.0 Å². The van der Waals surface area contributed by atoms with Crippen molar-refractivity contribution in [1.29, 1.82) is 0 Å². The molecule has 0 aliphatic rings. The van der Waals surface area contributed by atoms with E-state index < -0.39 is 28.6 Å². The molecule has 0 fully saturated rings. The van der Waals surface area contributed by atoms with Gasteiger partial charge >= 0.3 is 12.0 Å². The van der Waals surface area contributed by atoms with Crippen molar-refractivity contribution in [2.45, 2.75) is 24.7 Å². The van der Waals surface area contributed by atoms with Crippen LogP contribution in [-0.4, -0.2) is 33.6 Å². The molecule has 0 aliphatic carbocycles. The monoisotopic (exact) mass is 599 g/mol. The van der Waals surface area contributed by atoms with Crippen molar-refractivity contribution in [3.8, 4) is 0 Å². The fourth-order valence-corrected chi connectivity index (χ4v) is 6.18. The van der Waals surface area contributed by atoms with Crippen LogP contribution in [0.15, 0.2) is 89.8 Å². The van der Waals surface area contributed by atoms with Crippen molar-refractivity contribution in [3.63, 3.8) is 0 Å². The number of esters is 1. The lowest BCUT2D eigenvalue weighted by Gasteiger charge is -2.25. The minimum Gasteiger partial charge on any atom is -0.464 e. The van der Waals surface area contributed by atoms with E-state index in [2.05, 4.69) is 10.6 Å². The maximum absolute atomic E-state index is 13.9. The molecule has 0 saturated heterocycles. The molecule has 8 nitrogen and oxygen atoms in total. The first-order valence-corrected chi connectivity index (χ1v) is 14.7. The molecule has 0 spiro atoms. The van der Waals surface area contributed by atoms with Gasteiger partial charge in [0, 0.05) is 26.5 Å². The minimum atomic E-state index is -4.33. The molecule has 2 N–H and O–H groups in total. The highest BCUT2D eigenvalue weighted by molar-refractivity contribution is 7.93. The summed E-state index contributed by atoms with van der Waals surface area (Å²) in [5.74, 6) is -0.710. The quantitative estimate of drug-likeness (QED) is 0.147. The van der Waals surface area contributed by atoms with Crippen molar-refractivity contribution >= 4 is 73.1 Å². The third-order valence-corrected chi connectivity index (χ3v) is 8.08. The summed E-state index contributed by atoms with van der Waals surface area (Å²) >= 11 is 12.2. The van der Waals surface area contributed by atoms with Crippen LogP contribution >= 0.6 is 23.2 Å². The lowest BCUT2D eigenvalue weighted by atomic mass is 10.1. The lowest BCUT2D eigenvalue weighted by molar-refractivity contribution is -0.141. The summed E-state index contributed by atoms with van der Waals surface area (Å²) in [6.45, 7) is 1.54. The van der Waals surface area contributed by atoms with Gasteiger partial charge in [-0.3, -0.25) is 9.10 Å². The number of sulfonamides is 1. The molecule has 4 aromatic rings. The maximum atomic E-state index is 13.9. The molecular formula is C29H27Cl2N3O5S. The summed E-state index contributed by atoms with van der Waals surface area (Å²) in [7, 11) is -4.33. The number of hydrogen-bond acceptors (Lipinski definition) is 5. The average Bonchev–Trinajstić information content (AvgIpc) is 2.92. The first-order chi connectivity index (χ1) is 19.2. The smallest absolute Gasteiger partial charge is 0.326 e. The Labute approximate surface area is 242 Å². The van der Waals surface area contributed by atoms with Gasteiger partial charge in [-0.15, -0.1) is 0 Å². The van der Waals surface area contributed by atoms with E-state index in [0.717, 1.165) is 10.7 Å². The zero-order valence-corrected chi connectivity index (χ0v) is 23.9. The molecule has 0 heterocycles. The fraction of sp³-hybridized carbons (Fsp3) is 0.172. The molecule has 0 aliphatic heterocycles. The number of amides is 2. The number of anilines is 3. The third-order valence-electron chi connectivity index (χ3n) is 5.91. The van der Waals surface area contributed by atoms with Crippen molar-refractivity contribution < 1.29 is 22.7 Å². The molecule has 2 amide bonds. The van der Waals surface area contributed by atoms with Gasteiger partial charge in [-0.2, -0.15) is 0 Å². The largest absolute Gasteiger partial charge is 0.464 e. The lowest BCUT2D eigenvalue weighted by Crippen LogP contribution is -2.37. The van der Waals surface area contributed by atoms with E-state index in [1.807, 2.05) is 13.0 Å². The Kier molecular flexibility index (Phi) is 9.52. The molecule has 4 rings (SSSR count). The van der Waals surface area contributed by atoms with Crippen molar-refractivity contribution in [2.24, 2.45) is 0 Å². The molecule has 0 atom stereocenters. The normalized spacial score (nSPS) is 11.2. The van der Waals surface area contributed by atoms with Crippen LogP contribution < -0.4 is 14.9 Å². The van der Waals surface area contributed by atoms with Crippen LogP contribution in [0.5, 0.6) is 0 Å². The summed E-state index contributed by atoms with van der Waals surface area (Å²) < 4.78 is 34.1. The van der Waals surface area contributed by atoms with Gasteiger partial charge in [0.2, 0.25) is 0 Å². The molecule has 0 saturated carbocycles. The Morgan fingerprint density at radius 2 is 1.52 bits per heavy atom. The van der Waals surface area contributed by atoms with E-state index in [1.165, 1.54) is 18.2 Å². The van der Waals surface area contributed by atoms with Crippen LogP contribution in [0.3, 0.4) is 0 Å². The minimum absolute atomic E-state index is 0.130. The number of carbonyl (C=O) groups excluding carboxylic acids is 2. The van der Waals surface area contributed by atoms with Crippen LogP contribution in [0, 0.1) is 0 Å². The summed E-state index contributed by atoms with van der Waals surface area (Å²) in [6.07, 6.45) is 1.46. The highest BCUT2D eigenvalue weighted by Gasteiger charge is 2.30. The first kappa shape index (κ1) is 29.2. The fourth-order valence-electron chi connectivity index (χ4n) is 4.02. The predicted octanol–water partition coefficient (Wildman–Crippen LogP) is 7.33. The number of halogens is 2. The van der Waals surface area contributed by atoms with Crippen LogP contribution in [0.25, 0.3) is 10.8 Å². The van der Waals surface area contributed by atoms with Crippen molar-refractivity contribution in [2.75, 3.05) is 28.1 Å². The molecule has 0 aromatic heterocycles. The van der Waals surface area contributed by atoms with E-state index in [0.29, 0.717) is 28.6 Å². The highest BCUT2D eigenvalue weighted by Crippen LogP contribution is 2.35. The second-order valence-electron chi connectivity index (χ2n) is 8.81. The molecule has 40 heavy (non-hydrogen) atoms. The molecule has 0 radical (unpaired) electrons. The van der Waals surface area contributed by atoms with Gasteiger partial charge in [0.05, 0.1) is 22.9 Å². The van der Waals surface area contributed by atoms with E-state index in [4.69, 9.17) is 27.9 Å². The number of rotatable bonds is 10. The van der Waals surface area contributed by atoms with Crippen molar-refractivity contribution in [1.82, 2.24) is 0 Å². The van der Waals surface area contributed by atoms with Gasteiger partial charge in [0.1, 0.15) is 6.54 Å². The van der Waals surface area contributed by atoms with Crippen LogP contribution in [0.1, 0.15) is 19.8 Å². The standard InChI is InChI=1S/C29H27Cl2N3O5S/c1-2-3-15-39-28(35)19-34(40(37,38)23-17-20(30)16-21(31)18-23)27-14-8-11-24-25(27)12-7-13-26(24)33-29(36)32-22-9-5-4-6-10-22/h4-14,16-18H,2-3,15,19H2,1H3,(H2,32,33,36). The number of ether oxygens (including phenoxy) is 1. The molecule has 0 bridgehead atoms. The van der Waals surface area contributed by atoms with Gasteiger partial charge in [-0.25, -0.2) is 13.2 Å². The Morgan fingerprint density at radius 3 is 2.23 bits per heavy atom. The summed E-state index contributed by atoms with van der Waals surface area (Å²) in [5.41, 5.74) is 1.27. The van der Waals surface area contributed by atoms with Gasteiger partial charge < -0.3 is 15.4 Å². The van der Waals surface area contributed by atoms with Gasteiger partial charge in [-0.05, 0) is 48.9 Å². The number of nitrogens with one attached hydrogen (secondary N) is 2. The number of benzene rings is 4. The molecule has 11 heteroatoms. The zero-order chi connectivity index (χ0) is 28.7.